The van der Waals surface area contributed by atoms with E-state index in [9.17, 15) is 18.0 Å². The molecule has 1 nitrogen and oxygen atoms in total. The molecule has 0 bridgehead atoms. The Labute approximate surface area is 120 Å². The van der Waals surface area contributed by atoms with Crippen LogP contribution in [0.5, 0.6) is 0 Å². The number of ketones is 1. The van der Waals surface area contributed by atoms with E-state index in [1.807, 2.05) is 0 Å². The van der Waals surface area contributed by atoms with Crippen LogP contribution in [0.25, 0.3) is 0 Å². The van der Waals surface area contributed by atoms with Crippen LogP contribution in [0.2, 0.25) is 0 Å². The number of Topliss-reactive ketones (excluding diaryl/α,β-unsaturated/α-hetero) is 1. The lowest BCUT2D eigenvalue weighted by molar-refractivity contribution is -0.116. The molecule has 1 aromatic carbocycles. The van der Waals surface area contributed by atoms with Crippen molar-refractivity contribution in [1.82, 2.24) is 0 Å². The maximum absolute atomic E-state index is 12.4. The quantitative estimate of drug-likeness (QED) is 0.550. The normalized spacial score (nSPS) is 13.4. The van der Waals surface area contributed by atoms with Crippen molar-refractivity contribution in [1.29, 1.82) is 0 Å². The van der Waals surface area contributed by atoms with Gasteiger partial charge in [-0.2, -0.15) is 13.2 Å². The second-order valence-corrected chi connectivity index (χ2v) is 5.59. The summed E-state index contributed by atoms with van der Waals surface area (Å²) in [6, 6.07) is 4.47. The van der Waals surface area contributed by atoms with Crippen molar-refractivity contribution < 1.29 is 18.0 Å². The molecule has 0 amide bonds. The molecule has 0 saturated heterocycles. The summed E-state index contributed by atoms with van der Waals surface area (Å²) < 4.78 is 37.3. The highest BCUT2D eigenvalue weighted by atomic mass is 79.9. The average molecular weight is 362 g/mol. The van der Waals surface area contributed by atoms with Gasteiger partial charge in [-0.3, -0.25) is 4.79 Å². The Balaban J connectivity index is 3.29. The van der Waals surface area contributed by atoms with E-state index < -0.39 is 10.9 Å². The van der Waals surface area contributed by atoms with Gasteiger partial charge in [0, 0.05) is 10.2 Å². The molecule has 0 radical (unpaired) electrons. The van der Waals surface area contributed by atoms with E-state index in [1.165, 1.54) is 19.1 Å². The minimum absolute atomic E-state index is 0.0327. The molecule has 0 fully saturated rings. The summed E-state index contributed by atoms with van der Waals surface area (Å²) in [6.45, 7) is 1.25. The Morgan fingerprint density at radius 3 is 2.56 bits per heavy atom. The predicted octanol–water partition coefficient (Wildman–Crippen LogP) is 5.06. The van der Waals surface area contributed by atoms with Crippen LogP contribution < -0.4 is 0 Å². The lowest BCUT2D eigenvalue weighted by Gasteiger charge is -2.17. The fraction of sp³-hybridized carbons (Fsp3) is 0.364. The van der Waals surface area contributed by atoms with Crippen molar-refractivity contribution in [3.05, 3.63) is 29.3 Å². The molecule has 0 aliphatic rings. The first-order valence-electron chi connectivity index (χ1n) is 4.84. The third kappa shape index (κ3) is 4.17. The van der Waals surface area contributed by atoms with E-state index in [4.69, 9.17) is 11.6 Å². The minimum atomic E-state index is -4.41. The molecule has 1 rings (SSSR count). The molecule has 0 N–H and O–H groups in total. The van der Waals surface area contributed by atoms with Crippen LogP contribution in [-0.2, 0) is 10.1 Å². The smallest absolute Gasteiger partial charge is 0.298 e. The number of benzene rings is 1. The zero-order valence-electron chi connectivity index (χ0n) is 9.22. The molecule has 0 spiro atoms. The molecule has 7 heteroatoms. The number of rotatable bonds is 4. The molecule has 1 unspecified atom stereocenters. The van der Waals surface area contributed by atoms with Gasteiger partial charge in [-0.15, -0.1) is 11.6 Å². The Hall–Kier alpha value is -0.200. The number of hydrogen-bond acceptors (Lipinski definition) is 2. The van der Waals surface area contributed by atoms with Gasteiger partial charge in [-0.1, -0.05) is 28.1 Å². The average Bonchev–Trinajstić information content (AvgIpc) is 2.25. The number of thioether (sulfide) groups is 1. The summed E-state index contributed by atoms with van der Waals surface area (Å²) in [6.07, 6.45) is 0. The number of alkyl halides is 5. The SMILES string of the molecule is CC(=O)C(Cl)c1c(CBr)cccc1SC(F)(F)F. The van der Waals surface area contributed by atoms with Crippen molar-refractivity contribution in [3.8, 4) is 0 Å². The maximum atomic E-state index is 12.4. The van der Waals surface area contributed by atoms with Crippen LogP contribution in [0, 0.1) is 0 Å². The minimum Gasteiger partial charge on any atom is -0.298 e. The van der Waals surface area contributed by atoms with Crippen molar-refractivity contribution in [2.45, 2.75) is 28.0 Å². The number of carbonyl (C=O) groups excluding carboxylic acids is 1. The summed E-state index contributed by atoms with van der Waals surface area (Å²) >= 11 is 8.83. The van der Waals surface area contributed by atoms with E-state index in [2.05, 4.69) is 15.9 Å². The third-order valence-corrected chi connectivity index (χ3v) is 4.07. The van der Waals surface area contributed by atoms with Crippen LogP contribution in [0.15, 0.2) is 23.1 Å². The van der Waals surface area contributed by atoms with Gasteiger partial charge in [-0.25, -0.2) is 0 Å². The molecule has 100 valence electrons. The highest BCUT2D eigenvalue weighted by Crippen LogP contribution is 2.43. The largest absolute Gasteiger partial charge is 0.446 e. The van der Waals surface area contributed by atoms with Gasteiger partial charge >= 0.3 is 5.51 Å². The van der Waals surface area contributed by atoms with E-state index in [-0.39, 0.29) is 28.0 Å². The van der Waals surface area contributed by atoms with Gasteiger partial charge in [0.1, 0.15) is 5.38 Å². The zero-order chi connectivity index (χ0) is 13.9. The molecule has 0 aliphatic carbocycles. The van der Waals surface area contributed by atoms with E-state index in [1.54, 1.807) is 6.07 Å². The Bertz CT molecular complexity index is 450. The summed E-state index contributed by atoms with van der Waals surface area (Å²) in [4.78, 5) is 11.3. The van der Waals surface area contributed by atoms with Gasteiger partial charge in [0.25, 0.3) is 0 Å². The van der Waals surface area contributed by atoms with Crippen molar-refractivity contribution in [2.24, 2.45) is 0 Å². The van der Waals surface area contributed by atoms with Gasteiger partial charge in [0.2, 0.25) is 0 Å². The van der Waals surface area contributed by atoms with Gasteiger partial charge in [-0.05, 0) is 35.9 Å². The van der Waals surface area contributed by atoms with Crippen LogP contribution in [0.3, 0.4) is 0 Å². The fourth-order valence-electron chi connectivity index (χ4n) is 1.41. The molecular weight excluding hydrogens is 353 g/mol. The van der Waals surface area contributed by atoms with Crippen molar-refractivity contribution in [2.75, 3.05) is 0 Å². The first kappa shape index (κ1) is 15.9. The first-order valence-corrected chi connectivity index (χ1v) is 7.21. The lowest BCUT2D eigenvalue weighted by Crippen LogP contribution is -2.09. The number of hydrogen-bond donors (Lipinski definition) is 0. The van der Waals surface area contributed by atoms with Crippen molar-refractivity contribution >= 4 is 45.1 Å². The number of halogens is 5. The van der Waals surface area contributed by atoms with E-state index in [0.29, 0.717) is 10.9 Å². The molecule has 0 aromatic heterocycles. The lowest BCUT2D eigenvalue weighted by atomic mass is 10.0. The van der Waals surface area contributed by atoms with E-state index >= 15 is 0 Å². The molecule has 1 atom stereocenters. The van der Waals surface area contributed by atoms with Crippen LogP contribution >= 0.6 is 39.3 Å². The molecular formula is C11H9BrClF3OS. The summed E-state index contributed by atoms with van der Waals surface area (Å²) in [7, 11) is 0. The topological polar surface area (TPSA) is 17.1 Å². The maximum Gasteiger partial charge on any atom is 0.446 e. The van der Waals surface area contributed by atoms with Gasteiger partial charge in [0.05, 0.1) is 0 Å². The summed E-state index contributed by atoms with van der Waals surface area (Å²) in [5.74, 6) is -0.380. The monoisotopic (exact) mass is 360 g/mol. The summed E-state index contributed by atoms with van der Waals surface area (Å²) in [5, 5.41) is -0.728. The molecule has 18 heavy (non-hydrogen) atoms. The number of carbonyl (C=O) groups is 1. The highest BCUT2D eigenvalue weighted by Gasteiger charge is 2.32. The van der Waals surface area contributed by atoms with Gasteiger partial charge < -0.3 is 0 Å². The fourth-order valence-corrected chi connectivity index (χ4v) is 2.98. The third-order valence-electron chi connectivity index (χ3n) is 2.14. The standard InChI is InChI=1S/C11H9BrClF3OS/c1-6(17)10(13)9-7(5-12)3-2-4-8(9)18-11(14,15)16/h2-4,10H,5H2,1H3. The molecule has 1 aromatic rings. The molecule has 0 heterocycles. The van der Waals surface area contributed by atoms with Crippen LogP contribution in [-0.4, -0.2) is 11.3 Å². The Morgan fingerprint density at radius 2 is 2.11 bits per heavy atom. The second kappa shape index (κ2) is 6.30. The Morgan fingerprint density at radius 1 is 1.50 bits per heavy atom. The Kier molecular flexibility index (Phi) is 5.55. The highest BCUT2D eigenvalue weighted by molar-refractivity contribution is 9.08. The first-order chi connectivity index (χ1) is 8.26. The molecule has 0 aliphatic heterocycles. The summed E-state index contributed by atoms with van der Waals surface area (Å²) in [5.41, 5.74) is -3.60. The van der Waals surface area contributed by atoms with Gasteiger partial charge in [0.15, 0.2) is 5.78 Å². The second-order valence-electron chi connectivity index (χ2n) is 3.48. The molecule has 0 saturated carbocycles. The van der Waals surface area contributed by atoms with Crippen molar-refractivity contribution in [3.63, 3.8) is 0 Å². The van der Waals surface area contributed by atoms with Crippen LogP contribution in [0.1, 0.15) is 23.4 Å². The van der Waals surface area contributed by atoms with E-state index in [0.717, 1.165) is 0 Å². The van der Waals surface area contributed by atoms with Crippen LogP contribution in [0.4, 0.5) is 13.2 Å². The zero-order valence-corrected chi connectivity index (χ0v) is 12.4. The predicted molar refractivity (Wildman–Crippen MR) is 70.3 cm³/mol.